The van der Waals surface area contributed by atoms with Gasteiger partial charge in [-0.05, 0) is 48.0 Å². The molecule has 30 heavy (non-hydrogen) atoms. The molecular weight excluding hydrogens is 386 g/mol. The second kappa shape index (κ2) is 7.51. The Morgan fingerprint density at radius 3 is 2.37 bits per heavy atom. The van der Waals surface area contributed by atoms with Crippen molar-refractivity contribution in [1.29, 1.82) is 0 Å². The van der Waals surface area contributed by atoms with E-state index in [9.17, 15) is 25.1 Å². The summed E-state index contributed by atoms with van der Waals surface area (Å²) in [4.78, 5) is 28.1. The predicted molar refractivity (Wildman–Crippen MR) is 113 cm³/mol. The molecule has 1 aromatic heterocycles. The van der Waals surface area contributed by atoms with Gasteiger partial charge >= 0.3 is 0 Å². The molecule has 3 aromatic carbocycles. The van der Waals surface area contributed by atoms with Crippen molar-refractivity contribution >= 4 is 28.7 Å². The van der Waals surface area contributed by atoms with Gasteiger partial charge in [0.05, 0.1) is 21.5 Å². The molecular formula is C22H15N3O5. The van der Waals surface area contributed by atoms with Crippen LogP contribution in [0.2, 0.25) is 0 Å². The number of phenols is 2. The van der Waals surface area contributed by atoms with E-state index < -0.39 is 4.92 Å². The first-order valence-corrected chi connectivity index (χ1v) is 8.91. The number of benzene rings is 3. The Balaban J connectivity index is 1.89. The largest absolute Gasteiger partial charge is 0.504 e. The molecule has 0 saturated heterocycles. The van der Waals surface area contributed by atoms with Gasteiger partial charge in [-0.1, -0.05) is 24.3 Å². The van der Waals surface area contributed by atoms with Crippen molar-refractivity contribution in [3.8, 4) is 17.2 Å². The van der Waals surface area contributed by atoms with E-state index in [1.807, 2.05) is 0 Å². The molecule has 0 fully saturated rings. The number of hydrogen-bond donors (Lipinski definition) is 2. The van der Waals surface area contributed by atoms with Crippen molar-refractivity contribution in [1.82, 2.24) is 9.55 Å². The highest BCUT2D eigenvalue weighted by Gasteiger charge is 2.12. The van der Waals surface area contributed by atoms with Gasteiger partial charge in [0, 0.05) is 12.1 Å². The first-order chi connectivity index (χ1) is 14.4. The molecule has 148 valence electrons. The van der Waals surface area contributed by atoms with E-state index in [1.54, 1.807) is 42.5 Å². The van der Waals surface area contributed by atoms with Crippen molar-refractivity contribution in [3.63, 3.8) is 0 Å². The van der Waals surface area contributed by atoms with Crippen LogP contribution in [0, 0.1) is 10.1 Å². The number of rotatable bonds is 4. The summed E-state index contributed by atoms with van der Waals surface area (Å²) in [6.07, 6.45) is 3.23. The van der Waals surface area contributed by atoms with Crippen molar-refractivity contribution in [2.24, 2.45) is 0 Å². The maximum Gasteiger partial charge on any atom is 0.269 e. The normalized spacial score (nSPS) is 11.2. The van der Waals surface area contributed by atoms with Crippen LogP contribution in [0.15, 0.2) is 71.5 Å². The lowest BCUT2D eigenvalue weighted by Crippen LogP contribution is -2.22. The van der Waals surface area contributed by atoms with Crippen LogP contribution < -0.4 is 5.56 Å². The summed E-state index contributed by atoms with van der Waals surface area (Å²) in [5.74, 6) is -0.199. The highest BCUT2D eigenvalue weighted by atomic mass is 16.6. The number of para-hydroxylation sites is 1. The second-order valence-electron chi connectivity index (χ2n) is 6.48. The molecule has 0 radical (unpaired) electrons. The summed E-state index contributed by atoms with van der Waals surface area (Å²) in [5.41, 5.74) is 1.12. The number of phenolic OH excluding ortho intramolecular Hbond substituents is 2. The Morgan fingerprint density at radius 2 is 1.67 bits per heavy atom. The smallest absolute Gasteiger partial charge is 0.269 e. The number of fused-ring (bicyclic) bond motifs is 1. The Bertz CT molecular complexity index is 1360. The molecule has 0 bridgehead atoms. The molecule has 2 N–H and O–H groups in total. The lowest BCUT2D eigenvalue weighted by atomic mass is 10.1. The zero-order valence-electron chi connectivity index (χ0n) is 15.5. The molecule has 0 atom stereocenters. The van der Waals surface area contributed by atoms with Crippen LogP contribution in [0.3, 0.4) is 0 Å². The zero-order chi connectivity index (χ0) is 21.3. The Kier molecular flexibility index (Phi) is 4.73. The summed E-state index contributed by atoms with van der Waals surface area (Å²) >= 11 is 0. The SMILES string of the molecule is O=c1c2ccccc2nc(/C=C/c2ccc(O)c(O)c2)n1-c1ccc([N+](=O)[O-])cc1. The van der Waals surface area contributed by atoms with Crippen LogP contribution in [-0.4, -0.2) is 24.7 Å². The van der Waals surface area contributed by atoms with Crippen LogP contribution >= 0.6 is 0 Å². The van der Waals surface area contributed by atoms with Gasteiger partial charge in [-0.15, -0.1) is 0 Å². The van der Waals surface area contributed by atoms with Crippen molar-refractivity contribution in [3.05, 3.63) is 98.6 Å². The van der Waals surface area contributed by atoms with Crippen LogP contribution in [-0.2, 0) is 0 Å². The number of nitrogens with zero attached hydrogens (tertiary/aromatic N) is 3. The lowest BCUT2D eigenvalue weighted by Gasteiger charge is -2.11. The summed E-state index contributed by atoms with van der Waals surface area (Å²) < 4.78 is 1.36. The van der Waals surface area contributed by atoms with E-state index in [-0.39, 0.29) is 22.7 Å². The van der Waals surface area contributed by atoms with E-state index in [0.29, 0.717) is 28.0 Å². The fraction of sp³-hybridized carbons (Fsp3) is 0. The number of hydrogen-bond acceptors (Lipinski definition) is 6. The molecule has 1 heterocycles. The summed E-state index contributed by atoms with van der Waals surface area (Å²) in [7, 11) is 0. The number of aromatic nitrogens is 2. The first-order valence-electron chi connectivity index (χ1n) is 8.91. The van der Waals surface area contributed by atoms with Crippen molar-refractivity contribution in [2.75, 3.05) is 0 Å². The van der Waals surface area contributed by atoms with E-state index in [1.165, 1.54) is 41.0 Å². The average molecular weight is 401 g/mol. The van der Waals surface area contributed by atoms with Crippen molar-refractivity contribution < 1.29 is 15.1 Å². The van der Waals surface area contributed by atoms with E-state index in [0.717, 1.165) is 0 Å². The van der Waals surface area contributed by atoms with Gasteiger partial charge in [0.15, 0.2) is 11.5 Å². The summed E-state index contributed by atoms with van der Waals surface area (Å²) in [6, 6.07) is 16.8. The van der Waals surface area contributed by atoms with Gasteiger partial charge in [0.1, 0.15) is 5.82 Å². The minimum absolute atomic E-state index is 0.0859. The maximum absolute atomic E-state index is 13.2. The van der Waals surface area contributed by atoms with Crippen LogP contribution in [0.25, 0.3) is 28.7 Å². The number of nitro benzene ring substituents is 1. The quantitative estimate of drug-likeness (QED) is 0.304. The fourth-order valence-corrected chi connectivity index (χ4v) is 3.05. The fourth-order valence-electron chi connectivity index (χ4n) is 3.05. The number of nitro groups is 1. The lowest BCUT2D eigenvalue weighted by molar-refractivity contribution is -0.384. The van der Waals surface area contributed by atoms with E-state index >= 15 is 0 Å². The maximum atomic E-state index is 13.2. The topological polar surface area (TPSA) is 118 Å². The molecule has 4 aromatic rings. The molecule has 0 saturated carbocycles. The van der Waals surface area contributed by atoms with Gasteiger partial charge in [-0.3, -0.25) is 19.5 Å². The minimum Gasteiger partial charge on any atom is -0.504 e. The molecule has 4 rings (SSSR count). The zero-order valence-corrected chi connectivity index (χ0v) is 15.5. The van der Waals surface area contributed by atoms with Gasteiger partial charge in [0.25, 0.3) is 11.2 Å². The molecule has 0 unspecified atom stereocenters. The predicted octanol–water partition coefficient (Wildman–Crippen LogP) is 3.88. The number of non-ortho nitro benzene ring substituents is 1. The molecule has 0 aliphatic heterocycles. The highest BCUT2D eigenvalue weighted by molar-refractivity contribution is 5.80. The Morgan fingerprint density at radius 1 is 0.933 bits per heavy atom. The first kappa shape index (κ1) is 18.9. The molecule has 0 amide bonds. The molecule has 0 aliphatic carbocycles. The van der Waals surface area contributed by atoms with E-state index in [4.69, 9.17) is 0 Å². The standard InChI is InChI=1S/C22H15N3O5/c26-19-11-5-14(13-20(19)27)6-12-21-23-18-4-2-1-3-17(18)22(28)24(21)15-7-9-16(10-8-15)25(29)30/h1-13,26-27H/b12-6+. The third kappa shape index (κ3) is 3.49. The van der Waals surface area contributed by atoms with Crippen LogP contribution in [0.4, 0.5) is 5.69 Å². The molecule has 0 spiro atoms. The Labute approximate surface area is 169 Å². The van der Waals surface area contributed by atoms with Crippen LogP contribution in [0.1, 0.15) is 11.4 Å². The molecule has 8 nitrogen and oxygen atoms in total. The minimum atomic E-state index is -0.511. The van der Waals surface area contributed by atoms with Gasteiger partial charge in [0.2, 0.25) is 0 Å². The third-order valence-corrected chi connectivity index (χ3v) is 4.54. The second-order valence-corrected chi connectivity index (χ2v) is 6.48. The third-order valence-electron chi connectivity index (χ3n) is 4.54. The van der Waals surface area contributed by atoms with Crippen molar-refractivity contribution in [2.45, 2.75) is 0 Å². The summed E-state index contributed by atoms with van der Waals surface area (Å²) in [6.45, 7) is 0. The molecule has 0 aliphatic rings. The Hall–Kier alpha value is -4.46. The van der Waals surface area contributed by atoms with Gasteiger partial charge < -0.3 is 10.2 Å². The van der Waals surface area contributed by atoms with E-state index in [2.05, 4.69) is 4.98 Å². The monoisotopic (exact) mass is 401 g/mol. The van der Waals surface area contributed by atoms with Gasteiger partial charge in [-0.2, -0.15) is 0 Å². The summed E-state index contributed by atoms with van der Waals surface area (Å²) in [5, 5.41) is 30.5. The van der Waals surface area contributed by atoms with Crippen LogP contribution in [0.5, 0.6) is 11.5 Å². The number of aromatic hydroxyl groups is 2. The highest BCUT2D eigenvalue weighted by Crippen LogP contribution is 2.26. The van der Waals surface area contributed by atoms with Gasteiger partial charge in [-0.25, -0.2) is 4.98 Å². The molecule has 8 heteroatoms. The average Bonchev–Trinajstić information content (AvgIpc) is 2.75.